The molecule has 30 heavy (non-hydrogen) atoms. The highest BCUT2D eigenvalue weighted by molar-refractivity contribution is 7.20. The third kappa shape index (κ3) is 2.49. The highest BCUT2D eigenvalue weighted by Crippen LogP contribution is 2.43. The summed E-state index contributed by atoms with van der Waals surface area (Å²) in [5.74, 6) is -0.00578. The number of thiazole rings is 1. The summed E-state index contributed by atoms with van der Waals surface area (Å²) in [6.45, 7) is 2.07. The van der Waals surface area contributed by atoms with Gasteiger partial charge in [0.2, 0.25) is 5.13 Å². The molecular formula is C24H14ClN3OS. The van der Waals surface area contributed by atoms with Crippen LogP contribution in [0.5, 0.6) is 0 Å². The molecule has 0 atom stereocenters. The Balaban J connectivity index is 1.66. The van der Waals surface area contributed by atoms with Crippen molar-refractivity contribution < 1.29 is 4.79 Å². The Hall–Kier alpha value is -3.28. The summed E-state index contributed by atoms with van der Waals surface area (Å²) < 4.78 is 2.92. The van der Waals surface area contributed by atoms with Gasteiger partial charge in [0, 0.05) is 21.7 Å². The van der Waals surface area contributed by atoms with Gasteiger partial charge in [-0.1, -0.05) is 65.4 Å². The minimum atomic E-state index is -0.00578. The summed E-state index contributed by atoms with van der Waals surface area (Å²) in [5, 5.41) is 6.26. The summed E-state index contributed by atoms with van der Waals surface area (Å²) in [7, 11) is 0. The largest absolute Gasteiger partial charge is 0.288 e. The first-order valence-corrected chi connectivity index (χ1v) is 10.7. The quantitative estimate of drug-likeness (QED) is 0.324. The second kappa shape index (κ2) is 6.36. The van der Waals surface area contributed by atoms with E-state index in [2.05, 4.69) is 19.1 Å². The monoisotopic (exact) mass is 427 g/mol. The predicted octanol–water partition coefficient (Wildman–Crippen LogP) is 6.32. The van der Waals surface area contributed by atoms with Crippen molar-refractivity contribution >= 4 is 38.9 Å². The van der Waals surface area contributed by atoms with Crippen LogP contribution in [-0.4, -0.2) is 20.5 Å². The molecular weight excluding hydrogens is 414 g/mol. The van der Waals surface area contributed by atoms with Gasteiger partial charge in [0.05, 0.1) is 21.5 Å². The Kier molecular flexibility index (Phi) is 3.72. The second-order valence-electron chi connectivity index (χ2n) is 7.33. The van der Waals surface area contributed by atoms with E-state index in [1.54, 1.807) is 11.3 Å². The van der Waals surface area contributed by atoms with Crippen molar-refractivity contribution in [3.8, 4) is 27.6 Å². The standard InChI is InChI=1S/C24H14ClN3OS/c1-13-6-11-18-19(12-13)30-24(26-18)28-22-16-4-2-3-5-17(16)23(29)20(22)21(27-28)14-7-9-15(25)10-8-14/h2-12H,1H3. The number of fused-ring (bicyclic) bond motifs is 4. The van der Waals surface area contributed by atoms with Gasteiger partial charge in [0.15, 0.2) is 5.78 Å². The van der Waals surface area contributed by atoms with Crippen molar-refractivity contribution in [2.24, 2.45) is 0 Å². The molecule has 0 saturated heterocycles. The zero-order chi connectivity index (χ0) is 20.4. The normalized spacial score (nSPS) is 12.4. The molecule has 4 nitrogen and oxygen atoms in total. The van der Waals surface area contributed by atoms with Gasteiger partial charge in [-0.15, -0.1) is 0 Å². The van der Waals surface area contributed by atoms with Crippen molar-refractivity contribution in [3.05, 3.63) is 88.4 Å². The molecule has 1 aliphatic rings. The third-order valence-electron chi connectivity index (χ3n) is 5.37. The van der Waals surface area contributed by atoms with Crippen molar-refractivity contribution in [1.29, 1.82) is 0 Å². The lowest BCUT2D eigenvalue weighted by Crippen LogP contribution is -1.99. The van der Waals surface area contributed by atoms with Gasteiger partial charge < -0.3 is 0 Å². The first-order valence-electron chi connectivity index (χ1n) is 9.51. The number of hydrogen-bond donors (Lipinski definition) is 0. The molecule has 1 aliphatic carbocycles. The smallest absolute Gasteiger partial charge is 0.212 e. The molecule has 2 aromatic heterocycles. The maximum Gasteiger partial charge on any atom is 0.212 e. The molecule has 0 amide bonds. The Bertz CT molecular complexity index is 1480. The number of carbonyl (C=O) groups is 1. The molecule has 6 rings (SSSR count). The van der Waals surface area contributed by atoms with Crippen LogP contribution in [-0.2, 0) is 0 Å². The maximum absolute atomic E-state index is 13.3. The van der Waals surface area contributed by atoms with E-state index in [4.69, 9.17) is 21.7 Å². The van der Waals surface area contributed by atoms with Crippen LogP contribution < -0.4 is 0 Å². The zero-order valence-corrected chi connectivity index (χ0v) is 17.5. The lowest BCUT2D eigenvalue weighted by molar-refractivity contribution is 0.104. The SMILES string of the molecule is Cc1ccc2nc(-n3nc(-c4ccc(Cl)cc4)c4c3-c3ccccc3C4=O)sc2c1. The molecule has 0 spiro atoms. The lowest BCUT2D eigenvalue weighted by atomic mass is 10.0. The Labute approximate surface area is 181 Å². The number of benzene rings is 3. The fraction of sp³-hybridized carbons (Fsp3) is 0.0417. The Morgan fingerprint density at radius 3 is 2.53 bits per heavy atom. The van der Waals surface area contributed by atoms with E-state index in [9.17, 15) is 4.79 Å². The highest BCUT2D eigenvalue weighted by atomic mass is 35.5. The maximum atomic E-state index is 13.3. The van der Waals surface area contributed by atoms with Crippen LogP contribution in [0.1, 0.15) is 21.5 Å². The highest BCUT2D eigenvalue weighted by Gasteiger charge is 2.35. The Morgan fingerprint density at radius 1 is 0.967 bits per heavy atom. The fourth-order valence-corrected chi connectivity index (χ4v) is 5.11. The van der Waals surface area contributed by atoms with Crippen LogP contribution >= 0.6 is 22.9 Å². The molecule has 0 fully saturated rings. The molecule has 3 aromatic carbocycles. The molecule has 0 N–H and O–H groups in total. The molecule has 5 aromatic rings. The molecule has 0 radical (unpaired) electrons. The van der Waals surface area contributed by atoms with Gasteiger partial charge in [-0.3, -0.25) is 4.79 Å². The zero-order valence-electron chi connectivity index (χ0n) is 15.9. The summed E-state index contributed by atoms with van der Waals surface area (Å²) in [6, 6.07) is 21.3. The first-order chi connectivity index (χ1) is 14.6. The van der Waals surface area contributed by atoms with E-state index in [0.29, 0.717) is 21.8 Å². The Morgan fingerprint density at radius 2 is 1.73 bits per heavy atom. The van der Waals surface area contributed by atoms with Crippen molar-refractivity contribution in [3.63, 3.8) is 0 Å². The topological polar surface area (TPSA) is 47.8 Å². The number of ketones is 1. The van der Waals surface area contributed by atoms with E-state index >= 15 is 0 Å². The molecule has 0 unspecified atom stereocenters. The van der Waals surface area contributed by atoms with Crippen LogP contribution in [0.25, 0.3) is 37.9 Å². The van der Waals surface area contributed by atoms with Gasteiger partial charge in [0.25, 0.3) is 0 Å². The van der Waals surface area contributed by atoms with Gasteiger partial charge in [-0.05, 0) is 36.8 Å². The van der Waals surface area contributed by atoms with Gasteiger partial charge in [0.1, 0.15) is 5.69 Å². The van der Waals surface area contributed by atoms with Crippen LogP contribution in [0.15, 0.2) is 66.7 Å². The van der Waals surface area contributed by atoms with Crippen LogP contribution in [0, 0.1) is 6.92 Å². The molecule has 0 saturated carbocycles. The summed E-state index contributed by atoms with van der Waals surface area (Å²) in [4.78, 5) is 18.1. The summed E-state index contributed by atoms with van der Waals surface area (Å²) in [5.41, 5.74) is 6.63. The molecule has 0 bridgehead atoms. The molecule has 2 heterocycles. The number of rotatable bonds is 2. The van der Waals surface area contributed by atoms with Crippen LogP contribution in [0.4, 0.5) is 0 Å². The van der Waals surface area contributed by atoms with E-state index in [0.717, 1.165) is 32.2 Å². The average Bonchev–Trinajstić information content (AvgIpc) is 3.42. The first kappa shape index (κ1) is 17.6. The molecule has 144 valence electrons. The minimum absolute atomic E-state index is 0.00578. The second-order valence-corrected chi connectivity index (χ2v) is 8.78. The van der Waals surface area contributed by atoms with Crippen molar-refractivity contribution in [2.75, 3.05) is 0 Å². The van der Waals surface area contributed by atoms with Crippen molar-refractivity contribution in [2.45, 2.75) is 6.92 Å². The van der Waals surface area contributed by atoms with E-state index in [1.165, 1.54) is 5.56 Å². The fourth-order valence-electron chi connectivity index (χ4n) is 3.96. The number of hydrogen-bond acceptors (Lipinski definition) is 4. The summed E-state index contributed by atoms with van der Waals surface area (Å²) >= 11 is 7.65. The summed E-state index contributed by atoms with van der Waals surface area (Å²) in [6.07, 6.45) is 0. The van der Waals surface area contributed by atoms with E-state index in [-0.39, 0.29) is 5.78 Å². The third-order valence-corrected chi connectivity index (χ3v) is 6.62. The minimum Gasteiger partial charge on any atom is -0.288 e. The number of aromatic nitrogens is 3. The number of nitrogens with zero attached hydrogens (tertiary/aromatic N) is 3. The molecule has 6 heteroatoms. The number of aryl methyl sites for hydroxylation is 1. The molecule has 0 aliphatic heterocycles. The number of carbonyl (C=O) groups excluding carboxylic acids is 1. The van der Waals surface area contributed by atoms with Gasteiger partial charge in [-0.25, -0.2) is 9.67 Å². The number of halogens is 1. The van der Waals surface area contributed by atoms with Crippen molar-refractivity contribution in [1.82, 2.24) is 14.8 Å². The van der Waals surface area contributed by atoms with Gasteiger partial charge >= 0.3 is 0 Å². The lowest BCUT2D eigenvalue weighted by Gasteiger charge is -2.03. The van der Waals surface area contributed by atoms with E-state index < -0.39 is 0 Å². The van der Waals surface area contributed by atoms with Crippen LogP contribution in [0.2, 0.25) is 5.02 Å². The van der Waals surface area contributed by atoms with Crippen LogP contribution in [0.3, 0.4) is 0 Å². The average molecular weight is 428 g/mol. The van der Waals surface area contributed by atoms with E-state index in [1.807, 2.05) is 59.3 Å². The predicted molar refractivity (Wildman–Crippen MR) is 121 cm³/mol. The van der Waals surface area contributed by atoms with Gasteiger partial charge in [-0.2, -0.15) is 5.10 Å².